The van der Waals surface area contributed by atoms with Crippen molar-refractivity contribution in [2.75, 3.05) is 25.3 Å². The lowest BCUT2D eigenvalue weighted by atomic mass is 10.2. The second kappa shape index (κ2) is 8.39. The summed E-state index contributed by atoms with van der Waals surface area (Å²) in [6.45, 7) is -0.915. The van der Waals surface area contributed by atoms with Gasteiger partial charge >= 0.3 is 5.97 Å². The zero-order valence-electron chi connectivity index (χ0n) is 14.4. The normalized spacial score (nSPS) is 11.6. The molecule has 0 radical (unpaired) electrons. The molecule has 3 rings (SSSR count). The number of benzene rings is 1. The molecule has 11 heteroatoms. The summed E-state index contributed by atoms with van der Waals surface area (Å²) in [7, 11) is 0. The largest absolute Gasteiger partial charge is 0.454 e. The number of amides is 3. The van der Waals surface area contributed by atoms with Crippen LogP contribution < -0.4 is 25.8 Å². The number of primary amides is 1. The van der Waals surface area contributed by atoms with E-state index < -0.39 is 36.8 Å². The fraction of sp³-hybridized carbons (Fsp3) is 0.176. The second-order valence-corrected chi connectivity index (χ2v) is 6.40. The van der Waals surface area contributed by atoms with Crippen LogP contribution in [0.3, 0.4) is 0 Å². The summed E-state index contributed by atoms with van der Waals surface area (Å²) in [4.78, 5) is 46.8. The maximum atomic E-state index is 12.1. The predicted octanol–water partition coefficient (Wildman–Crippen LogP) is 0.487. The molecule has 2 aromatic rings. The van der Waals surface area contributed by atoms with Crippen LogP contribution in [0.2, 0.25) is 0 Å². The number of nitrogens with one attached hydrogen (secondary N) is 2. The van der Waals surface area contributed by atoms with Gasteiger partial charge in [-0.1, -0.05) is 0 Å². The molecule has 4 N–H and O–H groups in total. The Morgan fingerprint density at radius 2 is 1.93 bits per heavy atom. The molecule has 0 saturated carbocycles. The van der Waals surface area contributed by atoms with Crippen molar-refractivity contribution in [2.24, 2.45) is 5.73 Å². The number of thiophene rings is 1. The van der Waals surface area contributed by atoms with Gasteiger partial charge in [-0.05, 0) is 29.6 Å². The molecule has 1 aliphatic rings. The summed E-state index contributed by atoms with van der Waals surface area (Å²) >= 11 is 1.11. The molecule has 1 aliphatic heterocycles. The van der Waals surface area contributed by atoms with Crippen LogP contribution in [0.1, 0.15) is 20.7 Å². The molecule has 0 bridgehead atoms. The average molecular weight is 405 g/mol. The lowest BCUT2D eigenvalue weighted by Gasteiger charge is -2.08. The molecule has 0 fully saturated rings. The third kappa shape index (κ3) is 4.57. The summed E-state index contributed by atoms with van der Waals surface area (Å²) in [5.74, 6) is -1.65. The van der Waals surface area contributed by atoms with E-state index in [-0.39, 0.29) is 22.9 Å². The van der Waals surface area contributed by atoms with Crippen LogP contribution in [-0.2, 0) is 14.3 Å². The highest BCUT2D eigenvalue weighted by atomic mass is 32.1. The van der Waals surface area contributed by atoms with Crippen molar-refractivity contribution in [3.63, 3.8) is 0 Å². The van der Waals surface area contributed by atoms with Crippen LogP contribution in [0.5, 0.6) is 11.5 Å². The van der Waals surface area contributed by atoms with Crippen LogP contribution >= 0.6 is 11.3 Å². The van der Waals surface area contributed by atoms with Crippen LogP contribution in [0.15, 0.2) is 29.6 Å². The van der Waals surface area contributed by atoms with Gasteiger partial charge in [0.1, 0.15) is 11.5 Å². The molecular formula is C17H15N3O7S. The summed E-state index contributed by atoms with van der Waals surface area (Å²) in [6, 6.07) is 6.08. The predicted molar refractivity (Wildman–Crippen MR) is 97.3 cm³/mol. The van der Waals surface area contributed by atoms with Gasteiger partial charge in [-0.2, -0.15) is 0 Å². The minimum absolute atomic E-state index is 0.0845. The molecule has 146 valence electrons. The fourth-order valence-electron chi connectivity index (χ4n) is 2.25. The number of esters is 1. The van der Waals surface area contributed by atoms with Gasteiger partial charge in [-0.15, -0.1) is 11.3 Å². The molecule has 0 atom stereocenters. The van der Waals surface area contributed by atoms with Crippen molar-refractivity contribution in [1.82, 2.24) is 5.32 Å². The Labute approximate surface area is 162 Å². The molecular weight excluding hydrogens is 390 g/mol. The standard InChI is InChI=1S/C17H15N3O7S/c18-15(23)10-3-4-28-17(10)20-13(21)7-25-14(22)6-19-16(24)9-1-2-11-12(5-9)27-8-26-11/h1-5H,6-8H2,(H2,18,23)(H,19,24)(H,20,21). The number of anilines is 1. The van der Waals surface area contributed by atoms with E-state index in [1.54, 1.807) is 11.4 Å². The van der Waals surface area contributed by atoms with Crippen molar-refractivity contribution < 1.29 is 33.4 Å². The first-order chi connectivity index (χ1) is 13.4. The molecule has 0 aliphatic carbocycles. The van der Waals surface area contributed by atoms with Crippen LogP contribution in [-0.4, -0.2) is 43.6 Å². The van der Waals surface area contributed by atoms with Gasteiger partial charge in [-0.3, -0.25) is 19.2 Å². The third-order valence-corrected chi connectivity index (χ3v) is 4.41. The van der Waals surface area contributed by atoms with Gasteiger partial charge in [0, 0.05) is 5.56 Å². The Bertz CT molecular complexity index is 941. The zero-order valence-corrected chi connectivity index (χ0v) is 15.2. The number of hydrogen-bond donors (Lipinski definition) is 3. The number of fused-ring (bicyclic) bond motifs is 1. The van der Waals surface area contributed by atoms with E-state index in [1.165, 1.54) is 18.2 Å². The number of ether oxygens (including phenoxy) is 3. The molecule has 2 heterocycles. The second-order valence-electron chi connectivity index (χ2n) is 5.49. The van der Waals surface area contributed by atoms with Gasteiger partial charge in [0.2, 0.25) is 6.79 Å². The summed E-state index contributed by atoms with van der Waals surface area (Å²) in [5.41, 5.74) is 5.63. The van der Waals surface area contributed by atoms with Gasteiger partial charge in [0.05, 0.1) is 5.56 Å². The highest BCUT2D eigenvalue weighted by Crippen LogP contribution is 2.32. The van der Waals surface area contributed by atoms with Gasteiger partial charge in [0.15, 0.2) is 18.1 Å². The summed E-state index contributed by atoms with van der Waals surface area (Å²) in [6.07, 6.45) is 0. The molecule has 0 saturated heterocycles. The van der Waals surface area contributed by atoms with E-state index in [2.05, 4.69) is 10.6 Å². The SMILES string of the molecule is NC(=O)c1ccsc1NC(=O)COC(=O)CNC(=O)c1ccc2c(c1)OCO2. The first-order valence-electron chi connectivity index (χ1n) is 7.94. The number of hydrogen-bond acceptors (Lipinski definition) is 8. The maximum absolute atomic E-state index is 12.1. The Morgan fingerprint density at radius 1 is 1.14 bits per heavy atom. The van der Waals surface area contributed by atoms with E-state index in [0.717, 1.165) is 11.3 Å². The Kier molecular flexibility index (Phi) is 5.75. The Hall–Kier alpha value is -3.60. The molecule has 0 unspecified atom stereocenters. The summed E-state index contributed by atoms with van der Waals surface area (Å²) in [5, 5.41) is 6.67. The fourth-order valence-corrected chi connectivity index (χ4v) is 3.06. The van der Waals surface area contributed by atoms with Gasteiger partial charge < -0.3 is 30.6 Å². The van der Waals surface area contributed by atoms with Crippen molar-refractivity contribution in [1.29, 1.82) is 0 Å². The lowest BCUT2D eigenvalue weighted by Crippen LogP contribution is -2.32. The van der Waals surface area contributed by atoms with Crippen molar-refractivity contribution in [3.8, 4) is 11.5 Å². The van der Waals surface area contributed by atoms with E-state index >= 15 is 0 Å². The molecule has 28 heavy (non-hydrogen) atoms. The minimum Gasteiger partial charge on any atom is -0.454 e. The maximum Gasteiger partial charge on any atom is 0.325 e. The third-order valence-electron chi connectivity index (χ3n) is 3.58. The van der Waals surface area contributed by atoms with E-state index in [0.29, 0.717) is 11.5 Å². The highest BCUT2D eigenvalue weighted by molar-refractivity contribution is 7.14. The number of carbonyl (C=O) groups is 4. The number of carbonyl (C=O) groups excluding carboxylic acids is 4. The first kappa shape index (κ1) is 19.2. The van der Waals surface area contributed by atoms with Crippen molar-refractivity contribution >= 4 is 40.0 Å². The zero-order chi connectivity index (χ0) is 20.1. The van der Waals surface area contributed by atoms with E-state index in [4.69, 9.17) is 19.9 Å². The molecule has 3 amide bonds. The van der Waals surface area contributed by atoms with Crippen LogP contribution in [0.25, 0.3) is 0 Å². The Balaban J connectivity index is 1.43. The monoisotopic (exact) mass is 405 g/mol. The van der Waals surface area contributed by atoms with Gasteiger partial charge in [0.25, 0.3) is 17.7 Å². The minimum atomic E-state index is -0.800. The van der Waals surface area contributed by atoms with E-state index in [1.807, 2.05) is 0 Å². The molecule has 1 aromatic heterocycles. The number of rotatable bonds is 7. The quantitative estimate of drug-likeness (QED) is 0.568. The van der Waals surface area contributed by atoms with Crippen molar-refractivity contribution in [3.05, 3.63) is 40.8 Å². The van der Waals surface area contributed by atoms with Crippen molar-refractivity contribution in [2.45, 2.75) is 0 Å². The summed E-state index contributed by atoms with van der Waals surface area (Å²) < 4.78 is 15.1. The van der Waals surface area contributed by atoms with Gasteiger partial charge in [-0.25, -0.2) is 0 Å². The first-order valence-corrected chi connectivity index (χ1v) is 8.82. The Morgan fingerprint density at radius 3 is 2.71 bits per heavy atom. The molecule has 10 nitrogen and oxygen atoms in total. The molecule has 1 aromatic carbocycles. The van der Waals surface area contributed by atoms with Crippen LogP contribution in [0.4, 0.5) is 5.00 Å². The smallest absolute Gasteiger partial charge is 0.325 e. The molecule has 0 spiro atoms. The topological polar surface area (TPSA) is 146 Å². The number of nitrogens with two attached hydrogens (primary N) is 1. The average Bonchev–Trinajstić information content (AvgIpc) is 3.32. The van der Waals surface area contributed by atoms with Crippen LogP contribution in [0, 0.1) is 0 Å². The highest BCUT2D eigenvalue weighted by Gasteiger charge is 2.17. The van der Waals surface area contributed by atoms with E-state index in [9.17, 15) is 19.2 Å². The lowest BCUT2D eigenvalue weighted by molar-refractivity contribution is -0.146.